The molecule has 4 aromatic rings. The lowest BCUT2D eigenvalue weighted by Crippen LogP contribution is -2.46. The Hall–Kier alpha value is -5.30. The van der Waals surface area contributed by atoms with Crippen LogP contribution < -0.4 is 20.1 Å². The normalized spacial score (nSPS) is 16.7. The van der Waals surface area contributed by atoms with Crippen LogP contribution in [0.1, 0.15) is 47.7 Å². The second kappa shape index (κ2) is 10.5. The number of nitrogens with one attached hydrogen (secondary N) is 3. The van der Waals surface area contributed by atoms with E-state index in [0.717, 1.165) is 22.0 Å². The van der Waals surface area contributed by atoms with E-state index < -0.39 is 24.1 Å². The van der Waals surface area contributed by atoms with Crippen molar-refractivity contribution in [2.75, 3.05) is 6.79 Å². The van der Waals surface area contributed by atoms with Gasteiger partial charge in [0.05, 0.1) is 35.0 Å². The van der Waals surface area contributed by atoms with Gasteiger partial charge in [-0.1, -0.05) is 18.2 Å². The molecule has 0 bridgehead atoms. The molecule has 0 aliphatic carbocycles. The Kier molecular flexibility index (Phi) is 6.54. The third-order valence-electron chi connectivity index (χ3n) is 7.07. The quantitative estimate of drug-likeness (QED) is 0.291. The molecular weight excluding hydrogens is 510 g/mol. The molecule has 2 aliphatic rings. The highest BCUT2D eigenvalue weighted by atomic mass is 16.7. The molecule has 40 heavy (non-hydrogen) atoms. The number of carbonyl (C=O) groups excluding carboxylic acids is 2. The number of hydrogen-bond donors (Lipinski definition) is 3. The average molecular weight is 536 g/mol. The minimum absolute atomic E-state index is 0.179. The lowest BCUT2D eigenvalue weighted by Gasteiger charge is -2.30. The summed E-state index contributed by atoms with van der Waals surface area (Å²) in [6.07, 6.45) is 5.40. The molecule has 2 atom stereocenters. The maximum atomic E-state index is 13.9. The highest BCUT2D eigenvalue weighted by molar-refractivity contribution is 5.97. The molecule has 10 nitrogen and oxygen atoms in total. The van der Waals surface area contributed by atoms with Crippen LogP contribution in [0.5, 0.6) is 11.5 Å². The van der Waals surface area contributed by atoms with Crippen molar-refractivity contribution in [1.29, 1.82) is 5.26 Å². The van der Waals surface area contributed by atoms with Crippen LogP contribution in [0, 0.1) is 11.3 Å². The SMILES string of the molecule is CC(OC(=O)C1=C(CCc2ccc3c(c2)OCO3)NC(=O)NC1c1c[nH]c2cnccc12)c1cccc(C#N)c1. The molecule has 2 amide bonds. The Morgan fingerprint density at radius 1 is 1.18 bits per heavy atom. The predicted molar refractivity (Wildman–Crippen MR) is 144 cm³/mol. The molecule has 6 rings (SSSR count). The van der Waals surface area contributed by atoms with Crippen molar-refractivity contribution >= 4 is 22.9 Å². The van der Waals surface area contributed by atoms with Gasteiger partial charge in [-0.25, -0.2) is 9.59 Å². The second-order valence-electron chi connectivity index (χ2n) is 9.56. The fourth-order valence-electron chi connectivity index (χ4n) is 5.04. The highest BCUT2D eigenvalue weighted by Crippen LogP contribution is 2.36. The number of esters is 1. The van der Waals surface area contributed by atoms with Gasteiger partial charge in [0.15, 0.2) is 11.5 Å². The molecular formula is C30H25N5O5. The van der Waals surface area contributed by atoms with Crippen LogP contribution in [0.3, 0.4) is 0 Å². The van der Waals surface area contributed by atoms with Gasteiger partial charge in [0, 0.05) is 29.0 Å². The summed E-state index contributed by atoms with van der Waals surface area (Å²) >= 11 is 0. The third-order valence-corrected chi connectivity index (χ3v) is 7.07. The molecule has 0 saturated carbocycles. The minimum Gasteiger partial charge on any atom is -0.454 e. The number of H-pyrrole nitrogens is 1. The molecule has 2 aliphatic heterocycles. The molecule has 0 spiro atoms. The second-order valence-corrected chi connectivity index (χ2v) is 9.56. The van der Waals surface area contributed by atoms with Gasteiger partial charge in [-0.2, -0.15) is 5.26 Å². The Bertz CT molecular complexity index is 1700. The zero-order valence-corrected chi connectivity index (χ0v) is 21.6. The number of nitrogens with zero attached hydrogens (tertiary/aromatic N) is 2. The van der Waals surface area contributed by atoms with Crippen molar-refractivity contribution in [3.8, 4) is 17.6 Å². The van der Waals surface area contributed by atoms with Crippen LogP contribution in [-0.4, -0.2) is 28.8 Å². The number of pyridine rings is 1. The van der Waals surface area contributed by atoms with Crippen molar-refractivity contribution in [3.63, 3.8) is 0 Å². The van der Waals surface area contributed by atoms with E-state index in [1.165, 1.54) is 0 Å². The van der Waals surface area contributed by atoms with Crippen LogP contribution in [-0.2, 0) is 16.0 Å². The molecule has 4 heterocycles. The number of benzene rings is 2. The summed E-state index contributed by atoms with van der Waals surface area (Å²) in [5.74, 6) is 0.779. The number of nitriles is 1. The summed E-state index contributed by atoms with van der Waals surface area (Å²) in [5.41, 5.74) is 4.41. The largest absolute Gasteiger partial charge is 0.454 e. The van der Waals surface area contributed by atoms with Gasteiger partial charge in [-0.3, -0.25) is 4.98 Å². The first-order valence-corrected chi connectivity index (χ1v) is 12.8. The van der Waals surface area contributed by atoms with E-state index in [2.05, 4.69) is 26.7 Å². The van der Waals surface area contributed by atoms with Gasteiger partial charge in [-0.15, -0.1) is 0 Å². The van der Waals surface area contributed by atoms with E-state index in [0.29, 0.717) is 46.7 Å². The summed E-state index contributed by atoms with van der Waals surface area (Å²) in [6.45, 7) is 1.93. The Morgan fingerprint density at radius 3 is 2.92 bits per heavy atom. The van der Waals surface area contributed by atoms with E-state index in [-0.39, 0.29) is 6.79 Å². The van der Waals surface area contributed by atoms with Gasteiger partial charge in [0.1, 0.15) is 6.10 Å². The predicted octanol–water partition coefficient (Wildman–Crippen LogP) is 4.71. The topological polar surface area (TPSA) is 138 Å². The standard InChI is InChI=1S/C30H25N5O5/c1-17(20-4-2-3-19(11-20)13-31)40-29(36)27-23(7-5-18-6-8-25-26(12-18)39-16-38-25)34-30(37)35-28(27)22-14-33-24-15-32-10-9-21(22)24/h2-4,6,8-12,14-15,17,28,33H,5,7,16H2,1H3,(H2,34,35,37). The van der Waals surface area contributed by atoms with E-state index in [9.17, 15) is 14.9 Å². The lowest BCUT2D eigenvalue weighted by atomic mass is 9.92. The molecule has 2 aromatic carbocycles. The lowest BCUT2D eigenvalue weighted by molar-refractivity contribution is -0.144. The van der Waals surface area contributed by atoms with Crippen LogP contribution in [0.4, 0.5) is 4.79 Å². The van der Waals surface area contributed by atoms with Crippen LogP contribution in [0.15, 0.2) is 78.4 Å². The van der Waals surface area contributed by atoms with Gasteiger partial charge >= 0.3 is 12.0 Å². The first kappa shape index (κ1) is 25.0. The average Bonchev–Trinajstić information content (AvgIpc) is 3.62. The molecule has 10 heteroatoms. The molecule has 2 unspecified atom stereocenters. The van der Waals surface area contributed by atoms with Crippen molar-refractivity contribution in [3.05, 3.63) is 101 Å². The van der Waals surface area contributed by atoms with Crippen molar-refractivity contribution in [2.24, 2.45) is 0 Å². The maximum Gasteiger partial charge on any atom is 0.338 e. The molecule has 0 radical (unpaired) electrons. The number of rotatable bonds is 7. The fraction of sp³-hybridized carbons (Fsp3) is 0.200. The van der Waals surface area contributed by atoms with Crippen molar-refractivity contribution in [1.82, 2.24) is 20.6 Å². The Balaban J connectivity index is 1.36. The summed E-state index contributed by atoms with van der Waals surface area (Å²) in [5, 5.41) is 15.9. The Morgan fingerprint density at radius 2 is 2.05 bits per heavy atom. The first-order valence-electron chi connectivity index (χ1n) is 12.8. The molecule has 3 N–H and O–H groups in total. The number of ether oxygens (including phenoxy) is 3. The summed E-state index contributed by atoms with van der Waals surface area (Å²) < 4.78 is 16.8. The number of aromatic nitrogens is 2. The number of hydrogen-bond acceptors (Lipinski definition) is 7. The number of urea groups is 1. The monoisotopic (exact) mass is 535 g/mol. The third kappa shape index (κ3) is 4.80. The van der Waals surface area contributed by atoms with E-state index in [1.54, 1.807) is 49.8 Å². The zero-order chi connectivity index (χ0) is 27.6. The van der Waals surface area contributed by atoms with Crippen molar-refractivity contribution < 1.29 is 23.8 Å². The van der Waals surface area contributed by atoms with Gasteiger partial charge in [0.25, 0.3) is 0 Å². The van der Waals surface area contributed by atoms with Gasteiger partial charge < -0.3 is 29.8 Å². The number of allylic oxidation sites excluding steroid dienone is 1. The van der Waals surface area contributed by atoms with Gasteiger partial charge in [-0.05, 0) is 61.2 Å². The van der Waals surface area contributed by atoms with E-state index in [4.69, 9.17) is 14.2 Å². The molecule has 200 valence electrons. The fourth-order valence-corrected chi connectivity index (χ4v) is 5.04. The molecule has 2 aromatic heterocycles. The van der Waals surface area contributed by atoms with Gasteiger partial charge in [0.2, 0.25) is 6.79 Å². The number of aryl methyl sites for hydroxylation is 1. The summed E-state index contributed by atoms with van der Waals surface area (Å²) in [7, 11) is 0. The van der Waals surface area contributed by atoms with Crippen LogP contribution in [0.25, 0.3) is 10.9 Å². The summed E-state index contributed by atoms with van der Waals surface area (Å²) in [4.78, 5) is 34.1. The number of amides is 2. The number of fused-ring (bicyclic) bond motifs is 2. The molecule has 0 saturated heterocycles. The maximum absolute atomic E-state index is 13.9. The van der Waals surface area contributed by atoms with Crippen molar-refractivity contribution in [2.45, 2.75) is 31.9 Å². The summed E-state index contributed by atoms with van der Waals surface area (Å²) in [6, 6.07) is 15.4. The highest BCUT2D eigenvalue weighted by Gasteiger charge is 2.35. The number of aromatic amines is 1. The number of carbonyl (C=O) groups is 2. The smallest absolute Gasteiger partial charge is 0.338 e. The first-order chi connectivity index (χ1) is 19.5. The van der Waals surface area contributed by atoms with Crippen LogP contribution >= 0.6 is 0 Å². The van der Waals surface area contributed by atoms with E-state index >= 15 is 0 Å². The van der Waals surface area contributed by atoms with E-state index in [1.807, 2.05) is 24.3 Å². The minimum atomic E-state index is -0.762. The van der Waals surface area contributed by atoms with Crippen LogP contribution in [0.2, 0.25) is 0 Å². The Labute approximate surface area is 229 Å². The zero-order valence-electron chi connectivity index (χ0n) is 21.6. The molecule has 0 fully saturated rings.